The smallest absolute Gasteiger partial charge is 0.338 e. The third kappa shape index (κ3) is 8.15. The predicted molar refractivity (Wildman–Crippen MR) is 138 cm³/mol. The number of hydrogen-bond donors (Lipinski definition) is 2. The van der Waals surface area contributed by atoms with Crippen LogP contribution in [0.3, 0.4) is 0 Å². The molecule has 2 N–H and O–H groups in total. The van der Waals surface area contributed by atoms with E-state index in [-0.39, 0.29) is 24.6 Å². The van der Waals surface area contributed by atoms with Crippen molar-refractivity contribution in [1.29, 1.82) is 0 Å². The molecule has 0 aliphatic rings. The van der Waals surface area contributed by atoms with Crippen molar-refractivity contribution in [3.05, 3.63) is 95.6 Å². The second-order valence-corrected chi connectivity index (χ2v) is 8.48. The molecule has 0 aliphatic heterocycles. The number of hydrogen-bond acceptors (Lipinski definition) is 5. The summed E-state index contributed by atoms with van der Waals surface area (Å²) in [6.07, 6.45) is 1.64. The standard InChI is InChI=1S/C28H33N3O4/c1-31(2)19-9-13-24(29-28(33)30-25-12-7-8-14-26(25)34-3)22-15-17-23(18-16-22)27(32)35-20-21-10-5-4-6-11-21/h4-8,10-12,14-18,24H,9,13,19-20H2,1-3H3,(H2,29,30,33). The van der Waals surface area contributed by atoms with Crippen LogP contribution in [0.4, 0.5) is 10.5 Å². The number of nitrogens with zero attached hydrogens (tertiary/aromatic N) is 1. The van der Waals surface area contributed by atoms with Gasteiger partial charge in [-0.15, -0.1) is 0 Å². The van der Waals surface area contributed by atoms with Gasteiger partial charge in [-0.2, -0.15) is 0 Å². The molecule has 0 radical (unpaired) electrons. The quantitative estimate of drug-likeness (QED) is 0.370. The van der Waals surface area contributed by atoms with Crippen LogP contribution in [-0.2, 0) is 11.3 Å². The highest BCUT2D eigenvalue weighted by atomic mass is 16.5. The SMILES string of the molecule is COc1ccccc1NC(=O)NC(CCCN(C)C)c1ccc(C(=O)OCc2ccccc2)cc1. The Labute approximate surface area is 207 Å². The van der Waals surface area contributed by atoms with E-state index in [1.165, 1.54) is 0 Å². The molecule has 184 valence electrons. The minimum absolute atomic E-state index is 0.221. The summed E-state index contributed by atoms with van der Waals surface area (Å²) in [4.78, 5) is 27.4. The van der Waals surface area contributed by atoms with Crippen molar-refractivity contribution in [3.8, 4) is 5.75 Å². The lowest BCUT2D eigenvalue weighted by molar-refractivity contribution is 0.0472. The number of amides is 2. The molecule has 0 aliphatic carbocycles. The molecule has 0 bridgehead atoms. The Kier molecular flexibility index (Phi) is 9.69. The molecule has 0 fully saturated rings. The second-order valence-electron chi connectivity index (χ2n) is 8.48. The highest BCUT2D eigenvalue weighted by molar-refractivity contribution is 5.91. The normalized spacial score (nSPS) is 11.5. The summed E-state index contributed by atoms with van der Waals surface area (Å²) in [5, 5.41) is 5.93. The topological polar surface area (TPSA) is 79.9 Å². The number of anilines is 1. The molecule has 3 aromatic carbocycles. The summed E-state index contributed by atoms with van der Waals surface area (Å²) in [5.74, 6) is 0.205. The first-order chi connectivity index (χ1) is 17.0. The van der Waals surface area contributed by atoms with Crippen LogP contribution in [0.1, 0.15) is 40.4 Å². The van der Waals surface area contributed by atoms with Crippen molar-refractivity contribution < 1.29 is 19.1 Å². The Morgan fingerprint density at radius 2 is 1.60 bits per heavy atom. The largest absolute Gasteiger partial charge is 0.495 e. The molecule has 35 heavy (non-hydrogen) atoms. The van der Waals surface area contributed by atoms with Gasteiger partial charge in [0, 0.05) is 0 Å². The van der Waals surface area contributed by atoms with E-state index in [2.05, 4.69) is 15.5 Å². The Hall–Kier alpha value is -3.84. The van der Waals surface area contributed by atoms with Crippen molar-refractivity contribution in [2.75, 3.05) is 33.1 Å². The van der Waals surface area contributed by atoms with E-state index in [0.717, 1.165) is 30.5 Å². The van der Waals surface area contributed by atoms with E-state index in [1.54, 1.807) is 31.4 Å². The lowest BCUT2D eigenvalue weighted by Gasteiger charge is -2.21. The monoisotopic (exact) mass is 475 g/mol. The van der Waals surface area contributed by atoms with E-state index in [9.17, 15) is 9.59 Å². The van der Waals surface area contributed by atoms with Crippen LogP contribution in [0, 0.1) is 0 Å². The molecule has 1 atom stereocenters. The molecule has 7 heteroatoms. The molecule has 0 heterocycles. The molecule has 1 unspecified atom stereocenters. The molecule has 2 amide bonds. The Bertz CT molecular complexity index is 1080. The van der Waals surface area contributed by atoms with Crippen molar-refractivity contribution in [2.24, 2.45) is 0 Å². The fourth-order valence-electron chi connectivity index (χ4n) is 3.66. The molecular formula is C28H33N3O4. The number of benzene rings is 3. The first kappa shape index (κ1) is 25.8. The zero-order chi connectivity index (χ0) is 25.0. The van der Waals surface area contributed by atoms with E-state index < -0.39 is 0 Å². The number of carbonyl (C=O) groups excluding carboxylic acids is 2. The highest BCUT2D eigenvalue weighted by Crippen LogP contribution is 2.24. The van der Waals surface area contributed by atoms with Crippen LogP contribution in [-0.4, -0.2) is 44.7 Å². The van der Waals surface area contributed by atoms with E-state index in [0.29, 0.717) is 17.0 Å². The summed E-state index contributed by atoms with van der Waals surface area (Å²) >= 11 is 0. The van der Waals surface area contributed by atoms with Crippen LogP contribution < -0.4 is 15.4 Å². The van der Waals surface area contributed by atoms with Crippen molar-refractivity contribution in [3.63, 3.8) is 0 Å². The van der Waals surface area contributed by atoms with Crippen LogP contribution in [0.15, 0.2) is 78.9 Å². The Morgan fingerprint density at radius 3 is 2.29 bits per heavy atom. The van der Waals surface area contributed by atoms with Crippen molar-refractivity contribution in [1.82, 2.24) is 10.2 Å². The van der Waals surface area contributed by atoms with Gasteiger partial charge in [-0.05, 0) is 68.9 Å². The van der Waals surface area contributed by atoms with E-state index in [1.807, 2.05) is 68.7 Å². The number of methoxy groups -OCH3 is 1. The Balaban J connectivity index is 1.66. The van der Waals surface area contributed by atoms with Crippen LogP contribution in [0.5, 0.6) is 5.75 Å². The molecular weight excluding hydrogens is 442 g/mol. The minimum Gasteiger partial charge on any atom is -0.495 e. The molecule has 7 nitrogen and oxygen atoms in total. The first-order valence-corrected chi connectivity index (χ1v) is 11.6. The maximum atomic E-state index is 12.8. The number of urea groups is 1. The first-order valence-electron chi connectivity index (χ1n) is 11.6. The summed E-state index contributed by atoms with van der Waals surface area (Å²) in [6, 6.07) is 23.5. The van der Waals surface area contributed by atoms with Gasteiger partial charge < -0.3 is 25.0 Å². The van der Waals surface area contributed by atoms with Gasteiger partial charge in [0.05, 0.1) is 24.4 Å². The maximum Gasteiger partial charge on any atom is 0.338 e. The number of ether oxygens (including phenoxy) is 2. The number of nitrogens with one attached hydrogen (secondary N) is 2. The summed E-state index contributed by atoms with van der Waals surface area (Å²) in [5.41, 5.74) is 2.91. The third-order valence-corrected chi connectivity index (χ3v) is 5.52. The summed E-state index contributed by atoms with van der Waals surface area (Å²) < 4.78 is 10.7. The van der Waals surface area contributed by atoms with Crippen LogP contribution in [0.2, 0.25) is 0 Å². The zero-order valence-corrected chi connectivity index (χ0v) is 20.5. The molecule has 0 saturated heterocycles. The lowest BCUT2D eigenvalue weighted by atomic mass is 10.0. The predicted octanol–water partition coefficient (Wildman–Crippen LogP) is 5.26. The lowest BCUT2D eigenvalue weighted by Crippen LogP contribution is -2.33. The van der Waals surface area contributed by atoms with Crippen LogP contribution >= 0.6 is 0 Å². The van der Waals surface area contributed by atoms with Crippen LogP contribution in [0.25, 0.3) is 0 Å². The molecule has 0 saturated carbocycles. The number of carbonyl (C=O) groups is 2. The van der Waals surface area contributed by atoms with Crippen molar-refractivity contribution >= 4 is 17.7 Å². The second kappa shape index (κ2) is 13.2. The molecule has 0 aromatic heterocycles. The van der Waals surface area contributed by atoms with Gasteiger partial charge in [-0.3, -0.25) is 0 Å². The molecule has 3 rings (SSSR count). The number of rotatable bonds is 11. The molecule has 3 aromatic rings. The summed E-state index contributed by atoms with van der Waals surface area (Å²) in [7, 11) is 5.61. The minimum atomic E-state index is -0.383. The van der Waals surface area contributed by atoms with E-state index in [4.69, 9.17) is 9.47 Å². The van der Waals surface area contributed by atoms with Gasteiger partial charge in [0.25, 0.3) is 0 Å². The number of esters is 1. The van der Waals surface area contributed by atoms with Gasteiger partial charge in [0.1, 0.15) is 12.4 Å². The zero-order valence-electron chi connectivity index (χ0n) is 20.5. The van der Waals surface area contributed by atoms with Gasteiger partial charge >= 0.3 is 12.0 Å². The fraction of sp³-hybridized carbons (Fsp3) is 0.286. The maximum absolute atomic E-state index is 12.8. The average Bonchev–Trinajstić information content (AvgIpc) is 2.87. The van der Waals surface area contributed by atoms with Gasteiger partial charge in [-0.1, -0.05) is 54.6 Å². The fourth-order valence-corrected chi connectivity index (χ4v) is 3.66. The highest BCUT2D eigenvalue weighted by Gasteiger charge is 2.17. The number of para-hydroxylation sites is 2. The Morgan fingerprint density at radius 1 is 0.914 bits per heavy atom. The third-order valence-electron chi connectivity index (χ3n) is 5.52. The molecule has 0 spiro atoms. The van der Waals surface area contributed by atoms with E-state index >= 15 is 0 Å². The average molecular weight is 476 g/mol. The van der Waals surface area contributed by atoms with Gasteiger partial charge in [0.2, 0.25) is 0 Å². The van der Waals surface area contributed by atoms with Crippen molar-refractivity contribution in [2.45, 2.75) is 25.5 Å². The summed E-state index contributed by atoms with van der Waals surface area (Å²) in [6.45, 7) is 1.12. The van der Waals surface area contributed by atoms with Gasteiger partial charge in [0.15, 0.2) is 0 Å². The van der Waals surface area contributed by atoms with Gasteiger partial charge in [-0.25, -0.2) is 9.59 Å².